The van der Waals surface area contributed by atoms with Crippen molar-refractivity contribution in [2.24, 2.45) is 17.4 Å². The van der Waals surface area contributed by atoms with Gasteiger partial charge in [-0.05, 0) is 72.0 Å². The molecule has 4 aromatic carbocycles. The molecule has 0 spiro atoms. The molecule has 4 N–H and O–H groups in total. The Morgan fingerprint density at radius 2 is 1.20 bits per heavy atom. The minimum absolute atomic E-state index is 0.0158. The maximum atomic E-state index is 15.4. The summed E-state index contributed by atoms with van der Waals surface area (Å²) >= 11 is 11.9. The lowest BCUT2D eigenvalue weighted by atomic mass is 10.0. The third kappa shape index (κ3) is 9.71. The summed E-state index contributed by atoms with van der Waals surface area (Å²) in [6, 6.07) is 14.8. The summed E-state index contributed by atoms with van der Waals surface area (Å²) in [7, 11) is -6.92. The first kappa shape index (κ1) is 51.6. The SMILES string of the molecule is CC(=O)N1CC2CC2(c2nnc(-c3cc4c(cc3F)S(=O)(=O)C[C@H](N)C(=O)N4Cc3ccc(Cl)cc3)o2)C1.COC(=O)N1CC(c2nnc(-c3cc4c(cc3F)S(=O)(=O)C[C@H](N)C(=O)N4Cc3ccc(Cl)cc3)o2)C1. The van der Waals surface area contributed by atoms with Gasteiger partial charge in [0.1, 0.15) is 11.6 Å². The molecule has 0 radical (unpaired) electrons. The van der Waals surface area contributed by atoms with Crippen molar-refractivity contribution in [3.63, 3.8) is 0 Å². The number of aromatic nitrogens is 4. The molecule has 11 rings (SSSR count). The van der Waals surface area contributed by atoms with E-state index >= 15 is 8.78 Å². The van der Waals surface area contributed by atoms with Crippen molar-refractivity contribution < 1.29 is 58.4 Å². The molecule has 4 atom stereocenters. The molecule has 27 heteroatoms. The van der Waals surface area contributed by atoms with E-state index in [0.29, 0.717) is 53.2 Å². The van der Waals surface area contributed by atoms with Crippen LogP contribution in [0, 0.1) is 17.6 Å². The van der Waals surface area contributed by atoms with E-state index in [-0.39, 0.29) is 80.8 Å². The first-order valence-electron chi connectivity index (χ1n) is 23.1. The van der Waals surface area contributed by atoms with Gasteiger partial charge in [-0.15, -0.1) is 20.4 Å². The Labute approximate surface area is 436 Å². The molecule has 1 aliphatic carbocycles. The number of methoxy groups -OCH3 is 1. The third-order valence-electron chi connectivity index (χ3n) is 13.8. The molecule has 2 unspecified atom stereocenters. The Morgan fingerprint density at radius 3 is 1.67 bits per heavy atom. The highest BCUT2D eigenvalue weighted by molar-refractivity contribution is 7.92. The van der Waals surface area contributed by atoms with Crippen LogP contribution >= 0.6 is 23.2 Å². The zero-order valence-corrected chi connectivity index (χ0v) is 42.8. The number of hydrogen-bond acceptors (Lipinski definition) is 17. The predicted molar refractivity (Wildman–Crippen MR) is 263 cm³/mol. The molecule has 6 aromatic rings. The van der Waals surface area contributed by atoms with Crippen LogP contribution in [-0.4, -0.2) is 128 Å². The van der Waals surface area contributed by atoms with Crippen LogP contribution in [0.25, 0.3) is 22.9 Å². The number of nitrogens with zero attached hydrogens (tertiary/aromatic N) is 8. The van der Waals surface area contributed by atoms with Crippen molar-refractivity contribution in [3.8, 4) is 22.9 Å². The lowest BCUT2D eigenvalue weighted by Crippen LogP contribution is -2.48. The number of carbonyl (C=O) groups excluding carboxylic acids is 4. The Bertz CT molecular complexity index is 3550. The van der Waals surface area contributed by atoms with Gasteiger partial charge in [0.2, 0.25) is 29.5 Å². The monoisotopic (exact) mass is 1110 g/mol. The molecule has 1 saturated carbocycles. The second-order valence-electron chi connectivity index (χ2n) is 18.9. The average Bonchev–Trinajstić information content (AvgIpc) is 3.77. The van der Waals surface area contributed by atoms with Crippen LogP contribution in [0.3, 0.4) is 0 Å². The number of benzene rings is 4. The molecule has 392 valence electrons. The van der Waals surface area contributed by atoms with E-state index in [0.717, 1.165) is 18.6 Å². The van der Waals surface area contributed by atoms with Gasteiger partial charge in [-0.2, -0.15) is 0 Å². The van der Waals surface area contributed by atoms with Crippen molar-refractivity contribution in [2.45, 2.75) is 59.6 Å². The number of piperidine rings is 1. The summed E-state index contributed by atoms with van der Waals surface area (Å²) in [5, 5.41) is 17.1. The Hall–Kier alpha value is -6.90. The number of hydrogen-bond donors (Lipinski definition) is 2. The topological polar surface area (TPSA) is 289 Å². The molecule has 4 amide bonds. The molecule has 21 nitrogen and oxygen atoms in total. The molecule has 5 aliphatic rings. The van der Waals surface area contributed by atoms with E-state index in [4.69, 9.17) is 43.5 Å². The first-order chi connectivity index (χ1) is 35.5. The molecule has 75 heavy (non-hydrogen) atoms. The third-order valence-corrected chi connectivity index (χ3v) is 17.9. The normalized spacial score (nSPS) is 22.5. The zero-order chi connectivity index (χ0) is 53.5. The Kier molecular flexibility index (Phi) is 13.3. The number of likely N-dealkylation sites (tertiary alicyclic amines) is 2. The molecular formula is C48H44Cl2F2N10O11S2. The number of fused-ring (bicyclic) bond motifs is 3. The van der Waals surface area contributed by atoms with E-state index in [9.17, 15) is 36.0 Å². The van der Waals surface area contributed by atoms with Crippen molar-refractivity contribution in [1.29, 1.82) is 0 Å². The number of amides is 4. The van der Waals surface area contributed by atoms with Gasteiger partial charge in [0, 0.05) is 43.1 Å². The van der Waals surface area contributed by atoms with Crippen molar-refractivity contribution in [1.82, 2.24) is 30.2 Å². The highest BCUT2D eigenvalue weighted by Gasteiger charge is 2.65. The van der Waals surface area contributed by atoms with Gasteiger partial charge < -0.3 is 44.6 Å². The second kappa shape index (κ2) is 19.3. The van der Waals surface area contributed by atoms with Crippen molar-refractivity contribution in [2.75, 3.05) is 54.6 Å². The fourth-order valence-corrected chi connectivity index (χ4v) is 13.0. The second-order valence-corrected chi connectivity index (χ2v) is 23.7. The molecule has 3 fully saturated rings. The highest BCUT2D eigenvalue weighted by atomic mass is 35.5. The lowest BCUT2D eigenvalue weighted by molar-refractivity contribution is -0.128. The van der Waals surface area contributed by atoms with Crippen LogP contribution < -0.4 is 21.3 Å². The van der Waals surface area contributed by atoms with Crippen molar-refractivity contribution in [3.05, 3.63) is 117 Å². The summed E-state index contributed by atoms with van der Waals surface area (Å²) in [5.74, 6) is -4.36. The van der Waals surface area contributed by atoms with Crippen LogP contribution in [0.2, 0.25) is 10.0 Å². The fraction of sp³-hybridized carbons (Fsp3) is 0.333. The molecule has 0 bridgehead atoms. The number of rotatable bonds is 8. The summed E-state index contributed by atoms with van der Waals surface area (Å²) in [6.45, 7) is 3.08. The summed E-state index contributed by atoms with van der Waals surface area (Å²) < 4.78 is 99.0. The van der Waals surface area contributed by atoms with Gasteiger partial charge in [0.05, 0.1) is 87.4 Å². The number of nitrogens with two attached hydrogens (primary N) is 2. The standard InChI is InChI=1S/C25H23ClFN5O5S.C23H21ClFN5O6S/c1-13(33)31-10-15-8-25(15,12-31)24-30-29-22(37-24)17-6-20-21(7-18(17)27)38(35,36)11-19(28)23(34)32(20)9-14-2-4-16(26)5-3-14;1-35-23(32)29-9-13(10-29)20-27-28-21(36-20)15-6-18-19(7-16(15)25)37(33,34)11-17(26)22(31)30(18)8-12-2-4-14(24)5-3-12/h2-7,15,19H,8-12,28H2,1H3;2-7,13,17H,8-11,26H2,1H3/t15?,19-,25?;17-/m00/s1. The van der Waals surface area contributed by atoms with Crippen LogP contribution in [0.5, 0.6) is 0 Å². The predicted octanol–water partition coefficient (Wildman–Crippen LogP) is 4.64. The molecule has 2 aromatic heterocycles. The zero-order valence-electron chi connectivity index (χ0n) is 39.7. The minimum Gasteiger partial charge on any atom is -0.453 e. The summed E-state index contributed by atoms with van der Waals surface area (Å²) in [4.78, 5) is 54.7. The lowest BCUT2D eigenvalue weighted by Gasteiger charge is -2.35. The number of sulfone groups is 2. The van der Waals surface area contributed by atoms with Crippen LogP contribution in [0.1, 0.15) is 42.2 Å². The number of anilines is 2. The van der Waals surface area contributed by atoms with Gasteiger partial charge in [-0.1, -0.05) is 47.5 Å². The number of halogens is 4. The Morgan fingerprint density at radius 1 is 0.720 bits per heavy atom. The van der Waals surface area contributed by atoms with Gasteiger partial charge in [-0.25, -0.2) is 30.4 Å². The smallest absolute Gasteiger partial charge is 0.409 e. The summed E-state index contributed by atoms with van der Waals surface area (Å²) in [6.07, 6.45) is 0.294. The first-order valence-corrected chi connectivity index (χ1v) is 27.1. The Balaban J connectivity index is 0.000000171. The molecule has 2 saturated heterocycles. The minimum atomic E-state index is -4.10. The van der Waals surface area contributed by atoms with E-state index in [2.05, 4.69) is 25.1 Å². The quantitative estimate of drug-likeness (QED) is 0.210. The average molecular weight is 1110 g/mol. The fourth-order valence-electron chi connectivity index (χ4n) is 9.65. The van der Waals surface area contributed by atoms with E-state index in [1.54, 1.807) is 53.4 Å². The van der Waals surface area contributed by atoms with E-state index in [1.807, 2.05) is 0 Å². The van der Waals surface area contributed by atoms with Gasteiger partial charge >= 0.3 is 6.09 Å². The largest absolute Gasteiger partial charge is 0.453 e. The van der Waals surface area contributed by atoms with E-state index in [1.165, 1.54) is 40.9 Å². The van der Waals surface area contributed by atoms with Crippen molar-refractivity contribution >= 4 is 78.1 Å². The maximum Gasteiger partial charge on any atom is 0.409 e. The highest BCUT2D eigenvalue weighted by Crippen LogP contribution is 2.59. The van der Waals surface area contributed by atoms with E-state index < -0.39 is 78.2 Å². The van der Waals surface area contributed by atoms with Gasteiger partial charge in [0.15, 0.2) is 19.7 Å². The van der Waals surface area contributed by atoms with Gasteiger partial charge in [0.25, 0.3) is 11.8 Å². The molecular weight excluding hydrogens is 1070 g/mol. The van der Waals surface area contributed by atoms with Crippen LogP contribution in [0.4, 0.5) is 25.0 Å². The van der Waals surface area contributed by atoms with Crippen LogP contribution in [0.15, 0.2) is 91.4 Å². The molecule has 4 aliphatic heterocycles. The van der Waals surface area contributed by atoms with Gasteiger partial charge in [-0.3, -0.25) is 14.4 Å². The number of ether oxygens (including phenoxy) is 1. The maximum absolute atomic E-state index is 15.4. The van der Waals surface area contributed by atoms with Crippen LogP contribution in [-0.2, 0) is 57.3 Å². The molecule has 6 heterocycles. The summed E-state index contributed by atoms with van der Waals surface area (Å²) in [5.41, 5.74) is 12.4. The number of carbonyl (C=O) groups is 4.